The molecule has 0 saturated carbocycles. The van der Waals surface area contributed by atoms with E-state index in [1.165, 1.54) is 4.90 Å². The maximum absolute atomic E-state index is 12.9. The van der Waals surface area contributed by atoms with Gasteiger partial charge in [-0.2, -0.15) is 0 Å². The monoisotopic (exact) mass is 399 g/mol. The highest BCUT2D eigenvalue weighted by molar-refractivity contribution is 6.31. The third-order valence-corrected chi connectivity index (χ3v) is 5.11. The normalized spacial score (nSPS) is 18.7. The maximum atomic E-state index is 12.9. The zero-order chi connectivity index (χ0) is 19.7. The van der Waals surface area contributed by atoms with Crippen molar-refractivity contribution >= 4 is 35.0 Å². The van der Waals surface area contributed by atoms with Crippen LogP contribution >= 0.6 is 11.6 Å². The van der Waals surface area contributed by atoms with E-state index in [4.69, 9.17) is 16.3 Å². The molecule has 2 aromatic carbocycles. The van der Waals surface area contributed by atoms with Crippen molar-refractivity contribution in [1.82, 2.24) is 9.80 Å². The van der Waals surface area contributed by atoms with Gasteiger partial charge in [0.25, 0.3) is 11.8 Å². The summed E-state index contributed by atoms with van der Waals surface area (Å²) in [5.74, 6) is -0.212. The van der Waals surface area contributed by atoms with Gasteiger partial charge in [0.1, 0.15) is 11.8 Å². The molecule has 0 radical (unpaired) electrons. The van der Waals surface area contributed by atoms with Crippen molar-refractivity contribution in [2.75, 3.05) is 31.6 Å². The number of anilines is 1. The number of fused-ring (bicyclic) bond motifs is 2. The molecule has 1 saturated heterocycles. The molecule has 1 atom stereocenters. The topological polar surface area (TPSA) is 79.0 Å². The Labute approximate surface area is 166 Å². The number of hydrogen-bond donors (Lipinski definition) is 1. The van der Waals surface area contributed by atoms with Crippen LogP contribution in [0.2, 0.25) is 5.02 Å². The number of hydrogen-bond acceptors (Lipinski definition) is 4. The van der Waals surface area contributed by atoms with Crippen LogP contribution in [-0.4, -0.2) is 59.8 Å². The Kier molecular flexibility index (Phi) is 4.92. The number of para-hydroxylation sites is 1. The molecular weight excluding hydrogens is 382 g/mol. The van der Waals surface area contributed by atoms with Crippen LogP contribution in [0.5, 0.6) is 5.75 Å². The average Bonchev–Trinajstić information content (AvgIpc) is 2.81. The van der Waals surface area contributed by atoms with Crippen molar-refractivity contribution in [3.63, 3.8) is 0 Å². The first-order valence-corrected chi connectivity index (χ1v) is 9.28. The zero-order valence-corrected chi connectivity index (χ0v) is 15.7. The van der Waals surface area contributed by atoms with Crippen molar-refractivity contribution in [3.8, 4) is 5.75 Å². The van der Waals surface area contributed by atoms with E-state index in [1.807, 2.05) is 18.2 Å². The van der Waals surface area contributed by atoms with Crippen molar-refractivity contribution in [1.29, 1.82) is 0 Å². The van der Waals surface area contributed by atoms with Crippen LogP contribution in [0.4, 0.5) is 5.69 Å². The number of amides is 3. The molecule has 4 rings (SSSR count). The molecule has 2 aliphatic rings. The molecule has 144 valence electrons. The lowest BCUT2D eigenvalue weighted by molar-refractivity contribution is -0.137. The van der Waals surface area contributed by atoms with Crippen molar-refractivity contribution < 1.29 is 19.1 Å². The van der Waals surface area contributed by atoms with Gasteiger partial charge in [-0.05, 0) is 30.3 Å². The molecule has 2 aromatic rings. The minimum atomic E-state index is -0.756. The average molecular weight is 400 g/mol. The van der Waals surface area contributed by atoms with E-state index in [1.54, 1.807) is 35.2 Å². The molecule has 28 heavy (non-hydrogen) atoms. The fraction of sp³-hybridized carbons (Fsp3) is 0.250. The van der Waals surface area contributed by atoms with Gasteiger partial charge in [0, 0.05) is 18.1 Å². The van der Waals surface area contributed by atoms with Crippen LogP contribution in [0.25, 0.3) is 0 Å². The summed E-state index contributed by atoms with van der Waals surface area (Å²) in [4.78, 5) is 41.2. The third kappa shape index (κ3) is 3.53. The number of nitrogens with one attached hydrogen (secondary N) is 1. The second-order valence-electron chi connectivity index (χ2n) is 6.63. The number of ether oxygens (including phenoxy) is 1. The molecule has 2 heterocycles. The third-order valence-electron chi connectivity index (χ3n) is 4.87. The molecule has 0 spiro atoms. The lowest BCUT2D eigenvalue weighted by Crippen LogP contribution is -2.60. The van der Waals surface area contributed by atoms with Crippen LogP contribution < -0.4 is 10.1 Å². The number of nitrogens with zero attached hydrogens (tertiary/aromatic N) is 2. The highest BCUT2D eigenvalue weighted by Crippen LogP contribution is 2.28. The van der Waals surface area contributed by atoms with Crippen molar-refractivity contribution in [2.24, 2.45) is 0 Å². The summed E-state index contributed by atoms with van der Waals surface area (Å²) in [6.07, 6.45) is 0. The molecular formula is C20H18ClN3O4. The SMILES string of the molecule is O=C1Nc2cc(Cl)ccc2C(=O)N2CCN(C(=O)COc3ccccc3)C[C@H]12. The summed E-state index contributed by atoms with van der Waals surface area (Å²) in [6.45, 7) is 0.615. The number of benzene rings is 2. The molecule has 3 amide bonds. The first kappa shape index (κ1) is 18.3. The second-order valence-corrected chi connectivity index (χ2v) is 7.07. The molecule has 0 aromatic heterocycles. The Bertz CT molecular complexity index is 934. The highest BCUT2D eigenvalue weighted by atomic mass is 35.5. The van der Waals surface area contributed by atoms with Crippen LogP contribution in [0.3, 0.4) is 0 Å². The van der Waals surface area contributed by atoms with Crippen LogP contribution in [-0.2, 0) is 9.59 Å². The van der Waals surface area contributed by atoms with E-state index in [2.05, 4.69) is 5.32 Å². The number of piperazine rings is 1. The molecule has 7 nitrogen and oxygen atoms in total. The molecule has 8 heteroatoms. The number of carbonyl (C=O) groups excluding carboxylic acids is 3. The Hall–Kier alpha value is -3.06. The fourth-order valence-electron chi connectivity index (χ4n) is 3.41. The lowest BCUT2D eigenvalue weighted by Gasteiger charge is -2.39. The smallest absolute Gasteiger partial charge is 0.260 e. The van der Waals surface area contributed by atoms with Gasteiger partial charge in [-0.3, -0.25) is 14.4 Å². The Morgan fingerprint density at radius 3 is 2.71 bits per heavy atom. The van der Waals surface area contributed by atoms with E-state index in [0.717, 1.165) is 0 Å². The van der Waals surface area contributed by atoms with Gasteiger partial charge in [-0.15, -0.1) is 0 Å². The quantitative estimate of drug-likeness (QED) is 0.856. The first-order valence-electron chi connectivity index (χ1n) is 8.90. The number of carbonyl (C=O) groups is 3. The van der Waals surface area contributed by atoms with Crippen LogP contribution in [0, 0.1) is 0 Å². The van der Waals surface area contributed by atoms with Crippen LogP contribution in [0.15, 0.2) is 48.5 Å². The Morgan fingerprint density at radius 1 is 1.14 bits per heavy atom. The molecule has 1 N–H and O–H groups in total. The fourth-order valence-corrected chi connectivity index (χ4v) is 3.58. The second kappa shape index (κ2) is 7.52. The molecule has 1 fully saturated rings. The summed E-state index contributed by atoms with van der Waals surface area (Å²) < 4.78 is 5.51. The van der Waals surface area contributed by atoms with Gasteiger partial charge < -0.3 is 19.9 Å². The van der Waals surface area contributed by atoms with E-state index in [-0.39, 0.29) is 37.4 Å². The zero-order valence-electron chi connectivity index (χ0n) is 14.9. The molecule has 0 unspecified atom stereocenters. The predicted molar refractivity (Wildman–Crippen MR) is 103 cm³/mol. The van der Waals surface area contributed by atoms with E-state index in [9.17, 15) is 14.4 Å². The van der Waals surface area contributed by atoms with E-state index < -0.39 is 6.04 Å². The number of rotatable bonds is 3. The molecule has 0 bridgehead atoms. The molecule has 2 aliphatic heterocycles. The lowest BCUT2D eigenvalue weighted by atomic mass is 10.1. The van der Waals surface area contributed by atoms with Gasteiger partial charge >= 0.3 is 0 Å². The summed E-state index contributed by atoms with van der Waals surface area (Å²) >= 11 is 5.99. The van der Waals surface area contributed by atoms with E-state index >= 15 is 0 Å². The summed E-state index contributed by atoms with van der Waals surface area (Å²) in [5, 5.41) is 3.19. The van der Waals surface area contributed by atoms with Gasteiger partial charge in [0.05, 0.1) is 17.8 Å². The van der Waals surface area contributed by atoms with Gasteiger partial charge in [-0.1, -0.05) is 29.8 Å². The highest BCUT2D eigenvalue weighted by Gasteiger charge is 2.40. The predicted octanol–water partition coefficient (Wildman–Crippen LogP) is 2.02. The van der Waals surface area contributed by atoms with Gasteiger partial charge in [-0.25, -0.2) is 0 Å². The largest absolute Gasteiger partial charge is 0.484 e. The van der Waals surface area contributed by atoms with Gasteiger partial charge in [0.2, 0.25) is 5.91 Å². The standard InChI is InChI=1S/C20H18ClN3O4/c21-13-6-7-15-16(10-13)22-19(26)17-11-23(8-9-24(17)20(15)27)18(25)12-28-14-4-2-1-3-5-14/h1-7,10,17H,8-9,11-12H2,(H,22,26)/t17-/m1/s1. The maximum Gasteiger partial charge on any atom is 0.260 e. The summed E-state index contributed by atoms with van der Waals surface area (Å²) in [6, 6.07) is 13.1. The van der Waals surface area contributed by atoms with Crippen molar-refractivity contribution in [3.05, 3.63) is 59.1 Å². The first-order chi connectivity index (χ1) is 13.5. The van der Waals surface area contributed by atoms with Crippen LogP contribution in [0.1, 0.15) is 10.4 Å². The summed E-state index contributed by atoms with van der Waals surface area (Å²) in [5.41, 5.74) is 0.787. The Balaban J connectivity index is 1.47. The summed E-state index contributed by atoms with van der Waals surface area (Å²) in [7, 11) is 0. The van der Waals surface area contributed by atoms with E-state index in [0.29, 0.717) is 28.6 Å². The number of halogens is 1. The molecule has 0 aliphatic carbocycles. The minimum Gasteiger partial charge on any atom is -0.484 e. The van der Waals surface area contributed by atoms with Gasteiger partial charge in [0.15, 0.2) is 6.61 Å². The van der Waals surface area contributed by atoms with Crippen molar-refractivity contribution in [2.45, 2.75) is 6.04 Å². The minimum absolute atomic E-state index is 0.121. The Morgan fingerprint density at radius 2 is 1.93 bits per heavy atom.